The number of halogens is 1. The van der Waals surface area contributed by atoms with E-state index in [1.165, 1.54) is 32.2 Å². The van der Waals surface area contributed by atoms with E-state index in [1.807, 2.05) is 6.07 Å². The summed E-state index contributed by atoms with van der Waals surface area (Å²) < 4.78 is 55.6. The Morgan fingerprint density at radius 3 is 2.64 bits per heavy atom. The van der Waals surface area contributed by atoms with Crippen molar-refractivity contribution in [3.63, 3.8) is 0 Å². The molecule has 4 rings (SSSR count). The number of aromatic nitrogens is 2. The molecule has 1 aliphatic heterocycles. The lowest BCUT2D eigenvalue weighted by atomic mass is 10.2. The Hall–Kier alpha value is -3.61. The summed E-state index contributed by atoms with van der Waals surface area (Å²) in [5, 5.41) is 2.52. The van der Waals surface area contributed by atoms with E-state index < -0.39 is 55.9 Å². The van der Waals surface area contributed by atoms with Crippen LogP contribution in [0.25, 0.3) is 0 Å². The predicted molar refractivity (Wildman–Crippen MR) is 135 cm³/mol. The molecule has 0 spiro atoms. The molecule has 2 heterocycles. The molecule has 1 aromatic heterocycles. The number of ether oxygens (including phenoxy) is 3. The third kappa shape index (κ3) is 7.71. The highest BCUT2D eigenvalue weighted by Crippen LogP contribution is 2.45. The topological polar surface area (TPSA) is 147 Å². The van der Waals surface area contributed by atoms with Crippen LogP contribution in [0.15, 0.2) is 70.4 Å². The van der Waals surface area contributed by atoms with Gasteiger partial charge in [0.1, 0.15) is 30.8 Å². The Morgan fingerprint density at radius 2 is 1.92 bits per heavy atom. The van der Waals surface area contributed by atoms with Gasteiger partial charge < -0.3 is 18.7 Å². The van der Waals surface area contributed by atoms with E-state index in [0.29, 0.717) is 5.56 Å². The van der Waals surface area contributed by atoms with E-state index in [4.69, 9.17) is 23.3 Å². The van der Waals surface area contributed by atoms with Gasteiger partial charge in [-0.05, 0) is 43.7 Å². The summed E-state index contributed by atoms with van der Waals surface area (Å²) in [5.41, 5.74) is -0.138. The zero-order chi connectivity index (χ0) is 28.0. The number of nitrogens with one attached hydrogen (secondary N) is 2. The summed E-state index contributed by atoms with van der Waals surface area (Å²) in [7, 11) is -4.28. The highest BCUT2D eigenvalue weighted by molar-refractivity contribution is 7.52. The van der Waals surface area contributed by atoms with Crippen LogP contribution in [0.4, 0.5) is 4.39 Å². The summed E-state index contributed by atoms with van der Waals surface area (Å²) in [6, 6.07) is 12.6. The van der Waals surface area contributed by atoms with E-state index in [9.17, 15) is 23.3 Å². The highest BCUT2D eigenvalue weighted by atomic mass is 31.2. The van der Waals surface area contributed by atoms with Crippen LogP contribution in [0.1, 0.15) is 24.3 Å². The number of nitrogens with zero attached hydrogens (tertiary/aromatic N) is 1. The maximum absolute atomic E-state index is 13.6. The molecule has 39 heavy (non-hydrogen) atoms. The van der Waals surface area contributed by atoms with Crippen molar-refractivity contribution < 1.29 is 37.0 Å². The lowest BCUT2D eigenvalue weighted by Crippen LogP contribution is -2.36. The molecule has 208 valence electrons. The Kier molecular flexibility index (Phi) is 9.10. The molecular weight excluding hydrogens is 536 g/mol. The van der Waals surface area contributed by atoms with Crippen molar-refractivity contribution >= 4 is 13.7 Å². The fourth-order valence-corrected chi connectivity index (χ4v) is 4.98. The minimum atomic E-state index is -4.28. The number of hydrogen-bond acceptors (Lipinski definition) is 9. The quantitative estimate of drug-likeness (QED) is 0.264. The summed E-state index contributed by atoms with van der Waals surface area (Å²) in [6.07, 6.45) is -0.606. The van der Waals surface area contributed by atoms with Gasteiger partial charge in [-0.15, -0.1) is 0 Å². The van der Waals surface area contributed by atoms with Crippen LogP contribution in [0.5, 0.6) is 5.75 Å². The molecule has 1 saturated heterocycles. The number of hydrogen-bond donors (Lipinski definition) is 2. The molecule has 4 atom stereocenters. The van der Waals surface area contributed by atoms with Crippen LogP contribution in [0, 0.1) is 12.7 Å². The van der Waals surface area contributed by atoms with Crippen molar-refractivity contribution in [2.75, 3.05) is 13.2 Å². The molecule has 1 aliphatic rings. The van der Waals surface area contributed by atoms with Crippen LogP contribution >= 0.6 is 7.75 Å². The fraction of sp³-hybridized carbons (Fsp3) is 0.320. The van der Waals surface area contributed by atoms with E-state index in [2.05, 4.69) is 10.1 Å². The van der Waals surface area contributed by atoms with Gasteiger partial charge in [0.25, 0.3) is 5.56 Å². The lowest BCUT2D eigenvalue weighted by molar-refractivity contribution is -0.146. The number of aryl methyl sites for hydroxylation is 1. The smallest absolute Gasteiger partial charge is 0.459 e. The molecule has 0 bridgehead atoms. The standard InChI is InChI=1S/C25H27FN3O9P/c1-16-12-29(25(32)27-23(16)30)21-14-34-22(37-21)15-36-39(33,38-20-10-8-19(26)9-11-20)28-17(2)24(31)35-13-18-6-4-3-5-7-18/h3-12,17,21-22H,13-15H2,1-2H3,(H,28,33)(H,27,30,32)/t17?,21-,22-,39?/m1/s1. The third-order valence-electron chi connectivity index (χ3n) is 5.54. The van der Waals surface area contributed by atoms with Crippen LogP contribution in [-0.2, 0) is 34.7 Å². The van der Waals surface area contributed by atoms with Gasteiger partial charge in [-0.3, -0.25) is 23.7 Å². The van der Waals surface area contributed by atoms with Gasteiger partial charge in [0.15, 0.2) is 12.5 Å². The predicted octanol–water partition coefficient (Wildman–Crippen LogP) is 2.78. The first-order valence-electron chi connectivity index (χ1n) is 11.9. The number of rotatable bonds is 11. The van der Waals surface area contributed by atoms with Crippen molar-refractivity contribution in [1.82, 2.24) is 14.6 Å². The van der Waals surface area contributed by atoms with E-state index in [-0.39, 0.29) is 19.0 Å². The number of carbonyl (C=O) groups excluding carboxylic acids is 1. The molecule has 1 fully saturated rings. The fourth-order valence-electron chi connectivity index (χ4n) is 3.50. The largest absolute Gasteiger partial charge is 0.460 e. The lowest BCUT2D eigenvalue weighted by Gasteiger charge is -2.24. The molecule has 2 N–H and O–H groups in total. The van der Waals surface area contributed by atoms with Crippen LogP contribution in [-0.4, -0.2) is 41.1 Å². The third-order valence-corrected chi connectivity index (χ3v) is 7.18. The molecule has 0 aliphatic carbocycles. The van der Waals surface area contributed by atoms with Gasteiger partial charge in [0, 0.05) is 11.8 Å². The minimum absolute atomic E-state index is 0.00437. The molecule has 2 unspecified atom stereocenters. The summed E-state index contributed by atoms with van der Waals surface area (Å²) in [4.78, 5) is 38.5. The van der Waals surface area contributed by atoms with Gasteiger partial charge in [0.05, 0.1) is 6.61 Å². The Morgan fingerprint density at radius 1 is 1.21 bits per heavy atom. The van der Waals surface area contributed by atoms with Gasteiger partial charge >= 0.3 is 19.4 Å². The van der Waals surface area contributed by atoms with Gasteiger partial charge in [-0.1, -0.05) is 30.3 Å². The minimum Gasteiger partial charge on any atom is -0.460 e. The zero-order valence-electron chi connectivity index (χ0n) is 21.1. The number of H-pyrrole nitrogens is 1. The number of benzene rings is 2. The molecule has 0 amide bonds. The van der Waals surface area contributed by atoms with E-state index in [0.717, 1.165) is 22.3 Å². The number of carbonyl (C=O) groups is 1. The van der Waals surface area contributed by atoms with Crippen molar-refractivity contribution in [2.45, 2.75) is 39.0 Å². The number of aromatic amines is 1. The summed E-state index contributed by atoms with van der Waals surface area (Å²) >= 11 is 0. The zero-order valence-corrected chi connectivity index (χ0v) is 22.0. The van der Waals surface area contributed by atoms with Gasteiger partial charge in [0.2, 0.25) is 0 Å². The molecule has 3 aromatic rings. The maximum atomic E-state index is 13.6. The van der Waals surface area contributed by atoms with Crippen LogP contribution in [0.2, 0.25) is 0 Å². The average molecular weight is 563 g/mol. The van der Waals surface area contributed by atoms with Crippen molar-refractivity contribution in [1.29, 1.82) is 0 Å². The molecule has 12 nitrogen and oxygen atoms in total. The number of esters is 1. The van der Waals surface area contributed by atoms with Gasteiger partial charge in [-0.25, -0.2) is 13.8 Å². The highest BCUT2D eigenvalue weighted by Gasteiger charge is 2.36. The maximum Gasteiger partial charge on any atom is 0.459 e. The van der Waals surface area contributed by atoms with Crippen LogP contribution < -0.4 is 20.9 Å². The average Bonchev–Trinajstić information content (AvgIpc) is 3.39. The van der Waals surface area contributed by atoms with E-state index >= 15 is 0 Å². The Labute approximate surface area is 222 Å². The first-order chi connectivity index (χ1) is 18.6. The summed E-state index contributed by atoms with van der Waals surface area (Å²) in [6.45, 7) is 2.47. The van der Waals surface area contributed by atoms with Gasteiger partial charge in [-0.2, -0.15) is 5.09 Å². The first kappa shape index (κ1) is 28.4. The second-order valence-electron chi connectivity index (χ2n) is 8.61. The van der Waals surface area contributed by atoms with E-state index in [1.54, 1.807) is 24.3 Å². The normalized spacial score (nSPS) is 19.3. The summed E-state index contributed by atoms with van der Waals surface area (Å²) in [5.74, 6) is -1.24. The SMILES string of the molecule is Cc1cn([C@H]2CO[C@@H](COP(=O)(NC(C)C(=O)OCc3ccccc3)Oc3ccc(F)cc3)O2)c(=O)[nH]c1=O. The Bertz CT molecular complexity index is 1450. The Balaban J connectivity index is 1.41. The molecular formula is C25H27FN3O9P. The molecule has 14 heteroatoms. The monoisotopic (exact) mass is 563 g/mol. The van der Waals surface area contributed by atoms with Crippen molar-refractivity contribution in [3.8, 4) is 5.75 Å². The van der Waals surface area contributed by atoms with Crippen molar-refractivity contribution in [3.05, 3.63) is 98.6 Å². The van der Waals surface area contributed by atoms with Crippen molar-refractivity contribution in [2.24, 2.45) is 0 Å². The molecule has 0 saturated carbocycles. The second-order valence-corrected chi connectivity index (χ2v) is 10.3. The molecule has 0 radical (unpaired) electrons. The molecule has 2 aromatic carbocycles. The van der Waals surface area contributed by atoms with Crippen LogP contribution in [0.3, 0.4) is 0 Å². The first-order valence-corrected chi connectivity index (χ1v) is 13.4. The second kappa shape index (κ2) is 12.5.